The Morgan fingerprint density at radius 3 is 2.56 bits per heavy atom. The molecule has 0 bridgehead atoms. The predicted octanol–water partition coefficient (Wildman–Crippen LogP) is 2.50. The lowest BCUT2D eigenvalue weighted by molar-refractivity contribution is -0.126. The average Bonchev–Trinajstić information content (AvgIpc) is 3.06. The number of anilines is 1. The Hall–Kier alpha value is -2.70. The summed E-state index contributed by atoms with van der Waals surface area (Å²) in [6, 6.07) is 7.30. The van der Waals surface area contributed by atoms with Crippen molar-refractivity contribution in [1.82, 2.24) is 15.5 Å². The van der Waals surface area contributed by atoms with Crippen LogP contribution >= 0.6 is 0 Å². The molecule has 7 nitrogen and oxygen atoms in total. The molecule has 1 aliphatic heterocycles. The number of carbonyl (C=O) groups is 2. The van der Waals surface area contributed by atoms with Gasteiger partial charge in [-0.3, -0.25) is 9.59 Å². The second-order valence-corrected chi connectivity index (χ2v) is 7.28. The van der Waals surface area contributed by atoms with Gasteiger partial charge in [0.15, 0.2) is 0 Å². The van der Waals surface area contributed by atoms with Gasteiger partial charge in [-0.25, -0.2) is 0 Å². The van der Waals surface area contributed by atoms with Gasteiger partial charge in [-0.15, -0.1) is 0 Å². The Labute approximate surface area is 146 Å². The molecule has 7 heteroatoms. The number of piperidine rings is 1. The van der Waals surface area contributed by atoms with Crippen LogP contribution in [0.4, 0.5) is 5.69 Å². The summed E-state index contributed by atoms with van der Waals surface area (Å²) in [5, 5.41) is 9.61. The summed E-state index contributed by atoms with van der Waals surface area (Å²) >= 11 is 0. The summed E-state index contributed by atoms with van der Waals surface area (Å²) in [6.07, 6.45) is 0.971. The molecule has 1 saturated heterocycles. The Morgan fingerprint density at radius 1 is 1.28 bits per heavy atom. The highest BCUT2D eigenvalue weighted by Gasteiger charge is 2.25. The first-order valence-electron chi connectivity index (χ1n) is 8.35. The van der Waals surface area contributed by atoms with Crippen molar-refractivity contribution in [2.45, 2.75) is 39.0 Å². The van der Waals surface area contributed by atoms with E-state index in [4.69, 9.17) is 4.52 Å². The van der Waals surface area contributed by atoms with Crippen LogP contribution in [0, 0.1) is 5.92 Å². The zero-order valence-electron chi connectivity index (χ0n) is 14.6. The zero-order chi connectivity index (χ0) is 18.0. The topological polar surface area (TPSA) is 97.1 Å². The first kappa shape index (κ1) is 17.1. The van der Waals surface area contributed by atoms with Gasteiger partial charge in [0.2, 0.25) is 23.5 Å². The lowest BCUT2D eigenvalue weighted by Crippen LogP contribution is -2.40. The van der Waals surface area contributed by atoms with E-state index >= 15 is 0 Å². The lowest BCUT2D eigenvalue weighted by atomic mass is 9.97. The molecular formula is C18H22N4O3. The Bertz CT molecular complexity index is 764. The molecule has 1 unspecified atom stereocenters. The van der Waals surface area contributed by atoms with Gasteiger partial charge in [-0.2, -0.15) is 4.98 Å². The maximum absolute atomic E-state index is 12.2. The summed E-state index contributed by atoms with van der Waals surface area (Å²) in [5.74, 6) is 0.839. The largest absolute Gasteiger partial charge is 0.355 e. The first-order valence-corrected chi connectivity index (χ1v) is 8.35. The third kappa shape index (κ3) is 4.04. The van der Waals surface area contributed by atoms with Crippen molar-refractivity contribution < 1.29 is 14.1 Å². The number of amides is 2. The van der Waals surface area contributed by atoms with E-state index in [9.17, 15) is 9.59 Å². The lowest BCUT2D eigenvalue weighted by Gasteiger charge is -2.21. The first-order chi connectivity index (χ1) is 11.8. The van der Waals surface area contributed by atoms with E-state index in [-0.39, 0.29) is 23.1 Å². The van der Waals surface area contributed by atoms with Crippen LogP contribution in [0.5, 0.6) is 0 Å². The fourth-order valence-corrected chi connectivity index (χ4v) is 2.55. The number of hydrogen-bond acceptors (Lipinski definition) is 5. The van der Waals surface area contributed by atoms with Crippen LogP contribution in [-0.2, 0) is 15.0 Å². The molecule has 1 atom stereocenters. The summed E-state index contributed by atoms with van der Waals surface area (Å²) in [4.78, 5) is 27.8. The van der Waals surface area contributed by atoms with E-state index in [0.29, 0.717) is 36.8 Å². The quantitative estimate of drug-likeness (QED) is 0.893. The predicted molar refractivity (Wildman–Crippen MR) is 92.8 cm³/mol. The Morgan fingerprint density at radius 2 is 2.00 bits per heavy atom. The standard InChI is InChI=1S/C18H22N4O3/c1-18(2,3)17-21-15(22-25-17)11-4-7-13(8-5-11)20-16(24)12-6-9-14(23)19-10-12/h4-5,7-8,12H,6,9-10H2,1-3H3,(H,19,23)(H,20,24). The number of carbonyl (C=O) groups excluding carboxylic acids is 2. The molecule has 25 heavy (non-hydrogen) atoms. The fraction of sp³-hybridized carbons (Fsp3) is 0.444. The third-order valence-electron chi connectivity index (χ3n) is 4.11. The molecule has 2 aromatic rings. The van der Waals surface area contributed by atoms with Crippen LogP contribution in [0.2, 0.25) is 0 Å². The van der Waals surface area contributed by atoms with Gasteiger partial charge in [-0.05, 0) is 30.7 Å². The molecule has 2 heterocycles. The maximum atomic E-state index is 12.2. The molecule has 1 aromatic carbocycles. The van der Waals surface area contributed by atoms with Crippen molar-refractivity contribution in [1.29, 1.82) is 0 Å². The van der Waals surface area contributed by atoms with E-state index in [2.05, 4.69) is 20.8 Å². The Balaban J connectivity index is 1.65. The van der Waals surface area contributed by atoms with E-state index < -0.39 is 0 Å². The zero-order valence-corrected chi connectivity index (χ0v) is 14.6. The number of nitrogens with zero attached hydrogens (tertiary/aromatic N) is 2. The van der Waals surface area contributed by atoms with Gasteiger partial charge >= 0.3 is 0 Å². The molecule has 0 aliphatic carbocycles. The van der Waals surface area contributed by atoms with Gasteiger partial charge in [0.1, 0.15) is 0 Å². The average molecular weight is 342 g/mol. The number of nitrogens with one attached hydrogen (secondary N) is 2. The van der Waals surface area contributed by atoms with Crippen LogP contribution in [-0.4, -0.2) is 28.5 Å². The number of aromatic nitrogens is 2. The molecule has 1 aromatic heterocycles. The van der Waals surface area contributed by atoms with Crippen LogP contribution in [0.3, 0.4) is 0 Å². The Kier molecular flexibility index (Phi) is 4.57. The molecule has 0 saturated carbocycles. The summed E-state index contributed by atoms with van der Waals surface area (Å²) in [6.45, 7) is 6.42. The molecule has 132 valence electrons. The molecule has 0 spiro atoms. The summed E-state index contributed by atoms with van der Waals surface area (Å²) < 4.78 is 5.30. The van der Waals surface area contributed by atoms with Gasteiger partial charge in [-0.1, -0.05) is 25.9 Å². The van der Waals surface area contributed by atoms with Crippen molar-refractivity contribution in [2.24, 2.45) is 5.92 Å². The van der Waals surface area contributed by atoms with Gasteiger partial charge < -0.3 is 15.2 Å². The van der Waals surface area contributed by atoms with Gasteiger partial charge in [0.05, 0.1) is 5.92 Å². The van der Waals surface area contributed by atoms with Crippen molar-refractivity contribution in [3.05, 3.63) is 30.2 Å². The summed E-state index contributed by atoms with van der Waals surface area (Å²) in [5.41, 5.74) is 1.32. The van der Waals surface area contributed by atoms with E-state index in [1.807, 2.05) is 45.0 Å². The molecule has 2 amide bonds. The van der Waals surface area contributed by atoms with Crippen molar-refractivity contribution in [3.8, 4) is 11.4 Å². The van der Waals surface area contributed by atoms with Crippen molar-refractivity contribution in [3.63, 3.8) is 0 Å². The van der Waals surface area contributed by atoms with E-state index in [0.717, 1.165) is 5.56 Å². The number of benzene rings is 1. The van der Waals surface area contributed by atoms with Crippen LogP contribution < -0.4 is 10.6 Å². The minimum atomic E-state index is -0.200. The van der Waals surface area contributed by atoms with Crippen molar-refractivity contribution in [2.75, 3.05) is 11.9 Å². The monoisotopic (exact) mass is 342 g/mol. The van der Waals surface area contributed by atoms with E-state index in [1.165, 1.54) is 0 Å². The smallest absolute Gasteiger partial charge is 0.232 e. The van der Waals surface area contributed by atoms with Crippen LogP contribution in [0.25, 0.3) is 11.4 Å². The molecule has 1 aliphatic rings. The third-order valence-corrected chi connectivity index (χ3v) is 4.11. The van der Waals surface area contributed by atoms with Gasteiger partial charge in [0, 0.05) is 29.6 Å². The minimum absolute atomic E-state index is 0.00291. The molecular weight excluding hydrogens is 320 g/mol. The highest BCUT2D eigenvalue weighted by atomic mass is 16.5. The highest BCUT2D eigenvalue weighted by molar-refractivity contribution is 5.94. The molecule has 3 rings (SSSR count). The van der Waals surface area contributed by atoms with Crippen LogP contribution in [0.1, 0.15) is 39.5 Å². The fourth-order valence-electron chi connectivity index (χ4n) is 2.55. The molecule has 2 N–H and O–H groups in total. The van der Waals surface area contributed by atoms with Crippen molar-refractivity contribution >= 4 is 17.5 Å². The normalized spacial score (nSPS) is 17.9. The van der Waals surface area contributed by atoms with Crippen LogP contribution in [0.15, 0.2) is 28.8 Å². The summed E-state index contributed by atoms with van der Waals surface area (Å²) in [7, 11) is 0. The SMILES string of the molecule is CC(C)(C)c1nc(-c2ccc(NC(=O)C3CCC(=O)NC3)cc2)no1. The number of hydrogen-bond donors (Lipinski definition) is 2. The molecule has 0 radical (unpaired) electrons. The minimum Gasteiger partial charge on any atom is -0.355 e. The van der Waals surface area contributed by atoms with E-state index in [1.54, 1.807) is 0 Å². The second-order valence-electron chi connectivity index (χ2n) is 7.28. The van der Waals surface area contributed by atoms with Gasteiger partial charge in [0.25, 0.3) is 0 Å². The second kappa shape index (κ2) is 6.66. The molecule has 1 fully saturated rings. The highest BCUT2D eigenvalue weighted by Crippen LogP contribution is 2.25. The number of rotatable bonds is 3. The maximum Gasteiger partial charge on any atom is 0.232 e.